The van der Waals surface area contributed by atoms with Crippen LogP contribution in [0.15, 0.2) is 36.4 Å². The number of nitrogens with zero attached hydrogens (tertiary/aromatic N) is 1. The van der Waals surface area contributed by atoms with Crippen molar-refractivity contribution in [3.8, 4) is 22.8 Å². The molecule has 0 saturated carbocycles. The van der Waals surface area contributed by atoms with Gasteiger partial charge in [-0.2, -0.15) is 13.2 Å². The number of alkyl halides is 6. The summed E-state index contributed by atoms with van der Waals surface area (Å²) >= 11 is 0. The Morgan fingerprint density at radius 2 is 1.65 bits per heavy atom. The van der Waals surface area contributed by atoms with E-state index in [1.54, 1.807) is 0 Å². The summed E-state index contributed by atoms with van der Waals surface area (Å²) < 4.78 is 84.3. The molecular weight excluding hydrogens is 328 g/mol. The van der Waals surface area contributed by atoms with Gasteiger partial charge in [-0.1, -0.05) is 12.1 Å². The average molecular weight is 337 g/mol. The van der Waals surface area contributed by atoms with Crippen LogP contribution in [0.5, 0.6) is 11.6 Å². The smallest absolute Gasteiger partial charge is 0.481 e. The molecule has 0 aliphatic carbocycles. The first kappa shape index (κ1) is 16.9. The first-order chi connectivity index (χ1) is 10.6. The van der Waals surface area contributed by atoms with Gasteiger partial charge in [0.25, 0.3) is 0 Å². The van der Waals surface area contributed by atoms with Gasteiger partial charge in [0.2, 0.25) is 5.88 Å². The SMILES string of the molecule is COc1ccc(-c2cccc(OC(F)(F)F)c2)c(C(F)(F)F)n1. The quantitative estimate of drug-likeness (QED) is 0.763. The zero-order valence-corrected chi connectivity index (χ0v) is 11.5. The Balaban J connectivity index is 2.52. The first-order valence-corrected chi connectivity index (χ1v) is 6.08. The summed E-state index contributed by atoms with van der Waals surface area (Å²) in [6, 6.07) is 6.47. The molecule has 23 heavy (non-hydrogen) atoms. The molecule has 1 heterocycles. The van der Waals surface area contributed by atoms with E-state index < -0.39 is 24.0 Å². The third kappa shape index (κ3) is 4.27. The zero-order chi connectivity index (χ0) is 17.3. The van der Waals surface area contributed by atoms with E-state index in [1.165, 1.54) is 12.1 Å². The molecule has 0 bridgehead atoms. The summed E-state index contributed by atoms with van der Waals surface area (Å²) in [5, 5.41) is 0. The van der Waals surface area contributed by atoms with Gasteiger partial charge >= 0.3 is 12.5 Å². The van der Waals surface area contributed by atoms with Gasteiger partial charge in [-0.15, -0.1) is 13.2 Å². The van der Waals surface area contributed by atoms with Gasteiger partial charge in [-0.3, -0.25) is 0 Å². The number of aromatic nitrogens is 1. The fraction of sp³-hybridized carbons (Fsp3) is 0.214. The van der Waals surface area contributed by atoms with E-state index in [1.807, 2.05) is 0 Å². The second kappa shape index (κ2) is 5.98. The Labute approximate surface area is 126 Å². The topological polar surface area (TPSA) is 31.4 Å². The van der Waals surface area contributed by atoms with Crippen molar-refractivity contribution in [3.63, 3.8) is 0 Å². The van der Waals surface area contributed by atoms with Gasteiger partial charge in [-0.05, 0) is 23.8 Å². The van der Waals surface area contributed by atoms with Crippen molar-refractivity contribution < 1.29 is 35.8 Å². The monoisotopic (exact) mass is 337 g/mol. The van der Waals surface area contributed by atoms with E-state index in [0.717, 1.165) is 31.4 Å². The molecule has 0 aliphatic rings. The van der Waals surface area contributed by atoms with Crippen LogP contribution >= 0.6 is 0 Å². The number of ether oxygens (including phenoxy) is 2. The number of rotatable bonds is 3. The molecule has 0 unspecified atom stereocenters. The maximum atomic E-state index is 13.1. The van der Waals surface area contributed by atoms with Crippen molar-refractivity contribution in [2.45, 2.75) is 12.5 Å². The Kier molecular flexibility index (Phi) is 4.39. The van der Waals surface area contributed by atoms with Crippen LogP contribution < -0.4 is 9.47 Å². The van der Waals surface area contributed by atoms with E-state index in [2.05, 4.69) is 14.5 Å². The Hall–Kier alpha value is -2.45. The van der Waals surface area contributed by atoms with Crippen LogP contribution in [0, 0.1) is 0 Å². The summed E-state index contributed by atoms with van der Waals surface area (Å²) in [5.74, 6) is -0.886. The van der Waals surface area contributed by atoms with Crippen molar-refractivity contribution in [1.82, 2.24) is 4.98 Å². The highest BCUT2D eigenvalue weighted by Gasteiger charge is 2.36. The van der Waals surface area contributed by atoms with Gasteiger partial charge in [0.1, 0.15) is 5.75 Å². The maximum absolute atomic E-state index is 13.1. The second-order valence-corrected chi connectivity index (χ2v) is 4.32. The van der Waals surface area contributed by atoms with Gasteiger partial charge in [0.05, 0.1) is 7.11 Å². The first-order valence-electron chi connectivity index (χ1n) is 6.08. The minimum atomic E-state index is -4.94. The van der Waals surface area contributed by atoms with Crippen LogP contribution in [0.4, 0.5) is 26.3 Å². The normalized spacial score (nSPS) is 12.1. The fourth-order valence-corrected chi connectivity index (χ4v) is 1.86. The lowest BCUT2D eigenvalue weighted by Crippen LogP contribution is -2.17. The zero-order valence-electron chi connectivity index (χ0n) is 11.5. The number of methoxy groups -OCH3 is 1. The predicted octanol–water partition coefficient (Wildman–Crippen LogP) is 4.67. The molecule has 0 amide bonds. The van der Waals surface area contributed by atoms with Crippen LogP contribution in [0.2, 0.25) is 0 Å². The summed E-state index contributed by atoms with van der Waals surface area (Å²) in [6.45, 7) is 0. The lowest BCUT2D eigenvalue weighted by Gasteiger charge is -2.14. The highest BCUT2D eigenvalue weighted by atomic mass is 19.4. The molecular formula is C14H9F6NO2. The molecule has 1 aromatic heterocycles. The van der Waals surface area contributed by atoms with E-state index in [9.17, 15) is 26.3 Å². The van der Waals surface area contributed by atoms with Crippen molar-refractivity contribution >= 4 is 0 Å². The summed E-state index contributed by atoms with van der Waals surface area (Å²) in [7, 11) is 1.15. The van der Waals surface area contributed by atoms with Crippen molar-refractivity contribution in [1.29, 1.82) is 0 Å². The summed E-state index contributed by atoms with van der Waals surface area (Å²) in [4.78, 5) is 3.33. The minimum Gasteiger partial charge on any atom is -0.481 e. The van der Waals surface area contributed by atoms with E-state index in [0.29, 0.717) is 0 Å². The molecule has 2 rings (SSSR count). The highest BCUT2D eigenvalue weighted by molar-refractivity contribution is 5.68. The van der Waals surface area contributed by atoms with Gasteiger partial charge in [0.15, 0.2) is 5.69 Å². The molecule has 0 saturated heterocycles. The number of benzene rings is 1. The van der Waals surface area contributed by atoms with Crippen LogP contribution in [-0.4, -0.2) is 18.5 Å². The maximum Gasteiger partial charge on any atom is 0.573 e. The second-order valence-electron chi connectivity index (χ2n) is 4.32. The van der Waals surface area contributed by atoms with Crippen LogP contribution in [-0.2, 0) is 6.18 Å². The number of hydrogen-bond donors (Lipinski definition) is 0. The highest BCUT2D eigenvalue weighted by Crippen LogP contribution is 2.38. The molecule has 0 radical (unpaired) electrons. The summed E-state index contributed by atoms with van der Waals surface area (Å²) in [6.07, 6.45) is -9.74. The van der Waals surface area contributed by atoms with Crippen molar-refractivity contribution in [2.24, 2.45) is 0 Å². The third-order valence-electron chi connectivity index (χ3n) is 2.73. The largest absolute Gasteiger partial charge is 0.573 e. The molecule has 3 nitrogen and oxygen atoms in total. The van der Waals surface area contributed by atoms with Gasteiger partial charge in [0, 0.05) is 11.6 Å². The molecule has 1 aromatic carbocycles. The number of hydrogen-bond acceptors (Lipinski definition) is 3. The lowest BCUT2D eigenvalue weighted by atomic mass is 10.0. The number of pyridine rings is 1. The predicted molar refractivity (Wildman–Crippen MR) is 67.9 cm³/mol. The molecule has 124 valence electrons. The lowest BCUT2D eigenvalue weighted by molar-refractivity contribution is -0.274. The van der Waals surface area contributed by atoms with Gasteiger partial charge < -0.3 is 9.47 Å². The fourth-order valence-electron chi connectivity index (χ4n) is 1.86. The van der Waals surface area contributed by atoms with E-state index in [-0.39, 0.29) is 17.0 Å². The molecule has 0 N–H and O–H groups in total. The number of halogens is 6. The summed E-state index contributed by atoms with van der Waals surface area (Å²) in [5.41, 5.74) is -1.76. The average Bonchev–Trinajstić information content (AvgIpc) is 2.44. The van der Waals surface area contributed by atoms with Crippen molar-refractivity contribution in [2.75, 3.05) is 7.11 Å². The Morgan fingerprint density at radius 3 is 2.22 bits per heavy atom. The van der Waals surface area contributed by atoms with Gasteiger partial charge in [-0.25, -0.2) is 4.98 Å². The molecule has 0 aliphatic heterocycles. The van der Waals surface area contributed by atoms with Crippen LogP contribution in [0.1, 0.15) is 5.69 Å². The van der Waals surface area contributed by atoms with Crippen LogP contribution in [0.25, 0.3) is 11.1 Å². The molecule has 0 fully saturated rings. The Morgan fingerprint density at radius 1 is 0.957 bits per heavy atom. The minimum absolute atomic E-state index is 0.116. The molecule has 2 aromatic rings. The van der Waals surface area contributed by atoms with Crippen molar-refractivity contribution in [3.05, 3.63) is 42.1 Å². The molecule has 9 heteroatoms. The Bertz CT molecular complexity index is 696. The standard InChI is InChI=1S/C14H9F6NO2/c1-22-11-6-5-10(12(21-11)13(15,16)17)8-3-2-4-9(7-8)23-14(18,19)20/h2-7H,1H3. The third-order valence-corrected chi connectivity index (χ3v) is 2.73. The molecule has 0 atom stereocenters. The molecule has 0 spiro atoms. The van der Waals surface area contributed by atoms with E-state index >= 15 is 0 Å². The van der Waals surface area contributed by atoms with E-state index in [4.69, 9.17) is 0 Å². The van der Waals surface area contributed by atoms with Crippen LogP contribution in [0.3, 0.4) is 0 Å².